The van der Waals surface area contributed by atoms with Crippen molar-refractivity contribution in [1.82, 2.24) is 20.4 Å². The molecule has 0 radical (unpaired) electrons. The van der Waals surface area contributed by atoms with Crippen molar-refractivity contribution in [2.24, 2.45) is 0 Å². The summed E-state index contributed by atoms with van der Waals surface area (Å²) in [5, 5.41) is 10.4. The van der Waals surface area contributed by atoms with Crippen LogP contribution in [0.3, 0.4) is 0 Å². The van der Waals surface area contributed by atoms with Gasteiger partial charge in [-0.3, -0.25) is 10.00 Å². The third-order valence-electron chi connectivity index (χ3n) is 3.44. The molecule has 0 amide bonds. The molecule has 3 rings (SSSR count). The summed E-state index contributed by atoms with van der Waals surface area (Å²) in [6.07, 6.45) is 6.67. The molecule has 1 unspecified atom stereocenters. The minimum Gasteiger partial charge on any atom is -0.313 e. The van der Waals surface area contributed by atoms with Gasteiger partial charge >= 0.3 is 0 Å². The van der Waals surface area contributed by atoms with Gasteiger partial charge in [0.05, 0.1) is 12.2 Å². The van der Waals surface area contributed by atoms with E-state index in [-0.39, 0.29) is 0 Å². The number of hydrogen-bond donors (Lipinski definition) is 2. The molecule has 0 bridgehead atoms. The van der Waals surface area contributed by atoms with Crippen LogP contribution in [0.1, 0.15) is 24.4 Å². The largest absolute Gasteiger partial charge is 0.313 e. The lowest BCUT2D eigenvalue weighted by Gasteiger charge is -2.37. The summed E-state index contributed by atoms with van der Waals surface area (Å²) >= 11 is 0. The second kappa shape index (κ2) is 3.37. The average Bonchev–Trinajstić information content (AvgIpc) is 2.88. The molecule has 2 fully saturated rings. The Morgan fingerprint density at radius 3 is 3.29 bits per heavy atom. The number of piperazine rings is 1. The first kappa shape index (κ1) is 8.44. The van der Waals surface area contributed by atoms with Gasteiger partial charge in [-0.1, -0.05) is 0 Å². The Kier molecular flexibility index (Phi) is 2.03. The van der Waals surface area contributed by atoms with E-state index in [1.54, 1.807) is 0 Å². The highest BCUT2D eigenvalue weighted by Crippen LogP contribution is 2.30. The van der Waals surface area contributed by atoms with Crippen molar-refractivity contribution in [3.63, 3.8) is 0 Å². The van der Waals surface area contributed by atoms with E-state index in [2.05, 4.69) is 20.4 Å². The first-order chi connectivity index (χ1) is 6.95. The lowest BCUT2D eigenvalue weighted by atomic mass is 10.0. The summed E-state index contributed by atoms with van der Waals surface area (Å²) in [6.45, 7) is 3.48. The number of aromatic nitrogens is 2. The molecule has 2 aliphatic heterocycles. The van der Waals surface area contributed by atoms with Crippen LogP contribution in [-0.2, 0) is 0 Å². The van der Waals surface area contributed by atoms with E-state index in [0.29, 0.717) is 6.04 Å². The molecule has 4 heteroatoms. The quantitative estimate of drug-likeness (QED) is 0.681. The Hall–Kier alpha value is -0.870. The molecule has 4 nitrogen and oxygen atoms in total. The van der Waals surface area contributed by atoms with Gasteiger partial charge in [0.2, 0.25) is 0 Å². The molecule has 2 atom stereocenters. The van der Waals surface area contributed by atoms with Gasteiger partial charge in [-0.25, -0.2) is 0 Å². The summed E-state index contributed by atoms with van der Waals surface area (Å²) in [7, 11) is 0. The Morgan fingerprint density at radius 2 is 2.43 bits per heavy atom. The first-order valence-electron chi connectivity index (χ1n) is 5.40. The van der Waals surface area contributed by atoms with Gasteiger partial charge in [0, 0.05) is 30.9 Å². The SMILES string of the molecule is c1n[nH]cc1C1CNC[C@@H]2CCCN12. The number of nitrogens with zero attached hydrogens (tertiary/aromatic N) is 2. The summed E-state index contributed by atoms with van der Waals surface area (Å²) in [5.41, 5.74) is 1.32. The van der Waals surface area contributed by atoms with Crippen LogP contribution in [0.25, 0.3) is 0 Å². The number of aromatic amines is 1. The van der Waals surface area contributed by atoms with E-state index in [4.69, 9.17) is 0 Å². The van der Waals surface area contributed by atoms with Crippen LogP contribution in [0.2, 0.25) is 0 Å². The van der Waals surface area contributed by atoms with Crippen LogP contribution in [0.5, 0.6) is 0 Å². The minimum absolute atomic E-state index is 0.537. The van der Waals surface area contributed by atoms with Crippen LogP contribution in [-0.4, -0.2) is 40.8 Å². The first-order valence-corrected chi connectivity index (χ1v) is 5.40. The van der Waals surface area contributed by atoms with E-state index in [1.807, 2.05) is 12.4 Å². The van der Waals surface area contributed by atoms with E-state index in [1.165, 1.54) is 24.9 Å². The van der Waals surface area contributed by atoms with Crippen LogP contribution < -0.4 is 5.32 Å². The topological polar surface area (TPSA) is 44.0 Å². The van der Waals surface area contributed by atoms with Crippen molar-refractivity contribution in [3.05, 3.63) is 18.0 Å². The highest BCUT2D eigenvalue weighted by Gasteiger charge is 2.34. The van der Waals surface area contributed by atoms with Crippen molar-refractivity contribution in [3.8, 4) is 0 Å². The third-order valence-corrected chi connectivity index (χ3v) is 3.44. The predicted molar refractivity (Wildman–Crippen MR) is 53.9 cm³/mol. The highest BCUT2D eigenvalue weighted by molar-refractivity contribution is 5.13. The molecule has 2 N–H and O–H groups in total. The van der Waals surface area contributed by atoms with E-state index in [0.717, 1.165) is 19.1 Å². The van der Waals surface area contributed by atoms with Gasteiger partial charge in [0.15, 0.2) is 0 Å². The molecule has 3 heterocycles. The second-order valence-corrected chi connectivity index (χ2v) is 4.24. The van der Waals surface area contributed by atoms with Crippen LogP contribution in [0.15, 0.2) is 12.4 Å². The molecule has 0 aliphatic carbocycles. The van der Waals surface area contributed by atoms with Crippen molar-refractivity contribution >= 4 is 0 Å². The molecule has 2 aliphatic rings. The Labute approximate surface area is 83.7 Å². The van der Waals surface area contributed by atoms with Gasteiger partial charge in [-0.2, -0.15) is 5.10 Å². The molecule has 1 aromatic heterocycles. The number of hydrogen-bond acceptors (Lipinski definition) is 3. The van der Waals surface area contributed by atoms with Crippen molar-refractivity contribution in [2.75, 3.05) is 19.6 Å². The zero-order valence-corrected chi connectivity index (χ0v) is 8.24. The summed E-state index contributed by atoms with van der Waals surface area (Å²) in [6, 6.07) is 1.29. The van der Waals surface area contributed by atoms with E-state index in [9.17, 15) is 0 Å². The maximum Gasteiger partial charge on any atom is 0.0535 e. The maximum atomic E-state index is 4.03. The average molecular weight is 192 g/mol. The molecule has 0 aromatic carbocycles. The van der Waals surface area contributed by atoms with Gasteiger partial charge in [-0.05, 0) is 19.4 Å². The Bertz CT molecular complexity index is 295. The summed E-state index contributed by atoms with van der Waals surface area (Å²) in [5.74, 6) is 0. The number of fused-ring (bicyclic) bond motifs is 1. The summed E-state index contributed by atoms with van der Waals surface area (Å²) < 4.78 is 0. The Morgan fingerprint density at radius 1 is 1.43 bits per heavy atom. The van der Waals surface area contributed by atoms with Gasteiger partial charge in [0.25, 0.3) is 0 Å². The molecule has 76 valence electrons. The molecule has 2 saturated heterocycles. The van der Waals surface area contributed by atoms with Crippen molar-refractivity contribution < 1.29 is 0 Å². The fourth-order valence-corrected chi connectivity index (χ4v) is 2.74. The van der Waals surface area contributed by atoms with Crippen molar-refractivity contribution in [1.29, 1.82) is 0 Å². The fourth-order valence-electron chi connectivity index (χ4n) is 2.74. The third kappa shape index (κ3) is 1.26. The lowest BCUT2D eigenvalue weighted by molar-refractivity contribution is 0.138. The zero-order valence-electron chi connectivity index (χ0n) is 8.24. The molecule has 0 spiro atoms. The standard InChI is InChI=1S/C10H16N4/c1-2-9-6-11-7-10(14(9)3-1)8-4-12-13-5-8/h4-5,9-11H,1-3,6-7H2,(H,12,13)/t9-,10?/m0/s1. The summed E-state index contributed by atoms with van der Waals surface area (Å²) in [4.78, 5) is 2.63. The molecule has 14 heavy (non-hydrogen) atoms. The predicted octanol–water partition coefficient (Wildman–Crippen LogP) is 0.518. The number of rotatable bonds is 1. The van der Waals surface area contributed by atoms with Gasteiger partial charge in [0.1, 0.15) is 0 Å². The highest BCUT2D eigenvalue weighted by atomic mass is 15.3. The normalized spacial score (nSPS) is 33.1. The second-order valence-electron chi connectivity index (χ2n) is 4.24. The number of H-pyrrole nitrogens is 1. The smallest absolute Gasteiger partial charge is 0.0535 e. The number of nitrogens with one attached hydrogen (secondary N) is 2. The molecule has 0 saturated carbocycles. The maximum absolute atomic E-state index is 4.03. The van der Waals surface area contributed by atoms with E-state index < -0.39 is 0 Å². The van der Waals surface area contributed by atoms with E-state index >= 15 is 0 Å². The van der Waals surface area contributed by atoms with Crippen molar-refractivity contribution in [2.45, 2.75) is 24.9 Å². The van der Waals surface area contributed by atoms with Crippen LogP contribution >= 0.6 is 0 Å². The monoisotopic (exact) mass is 192 g/mol. The molecular formula is C10H16N4. The zero-order chi connectivity index (χ0) is 9.38. The fraction of sp³-hybridized carbons (Fsp3) is 0.700. The minimum atomic E-state index is 0.537. The van der Waals surface area contributed by atoms with Crippen LogP contribution in [0.4, 0.5) is 0 Å². The van der Waals surface area contributed by atoms with Gasteiger partial charge in [-0.15, -0.1) is 0 Å². The molecular weight excluding hydrogens is 176 g/mol. The Balaban J connectivity index is 1.84. The molecule has 1 aromatic rings. The van der Waals surface area contributed by atoms with Gasteiger partial charge < -0.3 is 5.32 Å². The lowest BCUT2D eigenvalue weighted by Crippen LogP contribution is -2.49. The van der Waals surface area contributed by atoms with Crippen LogP contribution in [0, 0.1) is 0 Å².